The topological polar surface area (TPSA) is 50.9 Å². The minimum Gasteiger partial charge on any atom is -0.377 e. The molecule has 3 rings (SSSR count). The van der Waals surface area contributed by atoms with E-state index in [2.05, 4.69) is 50.5 Å². The van der Waals surface area contributed by atoms with E-state index in [0.717, 1.165) is 33.9 Å². The van der Waals surface area contributed by atoms with Crippen LogP contribution < -0.4 is 11.1 Å². The highest BCUT2D eigenvalue weighted by Gasteiger charge is 2.32. The number of para-hydroxylation sites is 1. The monoisotopic (exact) mass is 319 g/mol. The van der Waals surface area contributed by atoms with E-state index in [1.54, 1.807) is 0 Å². The minimum atomic E-state index is 0.0586. The Labute approximate surface area is 121 Å². The van der Waals surface area contributed by atoms with E-state index in [4.69, 9.17) is 5.73 Å². The Kier molecular flexibility index (Phi) is 3.46. The van der Waals surface area contributed by atoms with Gasteiger partial charge in [0.05, 0.1) is 11.2 Å². The van der Waals surface area contributed by atoms with Crippen molar-refractivity contribution in [2.24, 2.45) is 5.73 Å². The van der Waals surface area contributed by atoms with Gasteiger partial charge in [0, 0.05) is 28.1 Å². The summed E-state index contributed by atoms with van der Waals surface area (Å²) in [6.07, 6.45) is 6.66. The molecule has 0 unspecified atom stereocenters. The van der Waals surface area contributed by atoms with Crippen LogP contribution in [0.1, 0.15) is 25.7 Å². The van der Waals surface area contributed by atoms with Crippen molar-refractivity contribution in [1.82, 2.24) is 4.98 Å². The first-order valence-electron chi connectivity index (χ1n) is 6.75. The fourth-order valence-corrected chi connectivity index (χ4v) is 3.30. The molecule has 19 heavy (non-hydrogen) atoms. The van der Waals surface area contributed by atoms with Crippen LogP contribution in [0.5, 0.6) is 0 Å². The van der Waals surface area contributed by atoms with Crippen LogP contribution >= 0.6 is 15.9 Å². The largest absolute Gasteiger partial charge is 0.377 e. The number of halogens is 1. The number of hydrogen-bond acceptors (Lipinski definition) is 3. The van der Waals surface area contributed by atoms with E-state index in [1.807, 2.05) is 6.20 Å². The van der Waals surface area contributed by atoms with E-state index < -0.39 is 0 Å². The van der Waals surface area contributed by atoms with Crippen molar-refractivity contribution in [3.05, 3.63) is 34.9 Å². The summed E-state index contributed by atoms with van der Waals surface area (Å²) in [6.45, 7) is 0.680. The molecular formula is C15H18BrN3. The van der Waals surface area contributed by atoms with E-state index in [0.29, 0.717) is 6.54 Å². The Morgan fingerprint density at radius 3 is 2.84 bits per heavy atom. The zero-order valence-electron chi connectivity index (χ0n) is 10.8. The predicted molar refractivity (Wildman–Crippen MR) is 83.3 cm³/mol. The molecule has 3 nitrogen and oxygen atoms in total. The molecule has 0 radical (unpaired) electrons. The Morgan fingerprint density at radius 1 is 1.32 bits per heavy atom. The zero-order chi connectivity index (χ0) is 13.3. The number of nitrogens with one attached hydrogen (secondary N) is 1. The number of anilines is 1. The maximum atomic E-state index is 5.99. The number of aromatic nitrogens is 1. The van der Waals surface area contributed by atoms with E-state index in [1.165, 1.54) is 12.8 Å². The molecule has 1 heterocycles. The number of nitrogens with two attached hydrogens (primary N) is 1. The fourth-order valence-electron chi connectivity index (χ4n) is 2.95. The molecule has 0 spiro atoms. The normalized spacial score (nSPS) is 17.8. The Balaban J connectivity index is 2.01. The Hall–Kier alpha value is -1.13. The van der Waals surface area contributed by atoms with Gasteiger partial charge in [-0.05, 0) is 40.9 Å². The van der Waals surface area contributed by atoms with Crippen molar-refractivity contribution in [2.75, 3.05) is 11.9 Å². The van der Waals surface area contributed by atoms with E-state index >= 15 is 0 Å². The maximum absolute atomic E-state index is 5.99. The number of rotatable bonds is 3. The molecule has 1 aromatic carbocycles. The summed E-state index contributed by atoms with van der Waals surface area (Å²) in [7, 11) is 0. The fraction of sp³-hybridized carbons (Fsp3) is 0.400. The molecule has 100 valence electrons. The number of fused-ring (bicyclic) bond motifs is 1. The zero-order valence-corrected chi connectivity index (χ0v) is 12.4. The second-order valence-corrected chi connectivity index (χ2v) is 6.26. The van der Waals surface area contributed by atoms with Gasteiger partial charge in [-0.2, -0.15) is 0 Å². The molecule has 3 N–H and O–H groups in total. The summed E-state index contributed by atoms with van der Waals surface area (Å²) in [6, 6.07) is 8.34. The molecule has 1 aromatic heterocycles. The van der Waals surface area contributed by atoms with Crippen molar-refractivity contribution < 1.29 is 0 Å². The highest BCUT2D eigenvalue weighted by Crippen LogP contribution is 2.34. The van der Waals surface area contributed by atoms with Crippen LogP contribution in [-0.2, 0) is 0 Å². The van der Waals surface area contributed by atoms with Gasteiger partial charge in [-0.15, -0.1) is 0 Å². The highest BCUT2D eigenvalue weighted by molar-refractivity contribution is 9.10. The van der Waals surface area contributed by atoms with Gasteiger partial charge in [0.1, 0.15) is 0 Å². The molecule has 0 aliphatic heterocycles. The molecule has 1 fully saturated rings. The molecule has 0 bridgehead atoms. The van der Waals surface area contributed by atoms with E-state index in [9.17, 15) is 0 Å². The van der Waals surface area contributed by atoms with Gasteiger partial charge in [0.2, 0.25) is 0 Å². The third-order valence-corrected chi connectivity index (χ3v) is 4.46. The lowest BCUT2D eigenvalue weighted by Crippen LogP contribution is -2.42. The second kappa shape index (κ2) is 5.10. The number of pyridine rings is 1. The quantitative estimate of drug-likeness (QED) is 0.907. The lowest BCUT2D eigenvalue weighted by Gasteiger charge is -2.30. The van der Waals surface area contributed by atoms with Gasteiger partial charge in [-0.3, -0.25) is 4.98 Å². The average Bonchev–Trinajstić information content (AvgIpc) is 2.88. The second-order valence-electron chi connectivity index (χ2n) is 5.35. The molecule has 0 amide bonds. The van der Waals surface area contributed by atoms with Crippen molar-refractivity contribution >= 4 is 32.5 Å². The van der Waals surface area contributed by atoms with Crippen LogP contribution in [0.2, 0.25) is 0 Å². The van der Waals surface area contributed by atoms with Crippen LogP contribution in [0.15, 0.2) is 34.9 Å². The molecule has 0 saturated heterocycles. The highest BCUT2D eigenvalue weighted by atomic mass is 79.9. The third kappa shape index (κ3) is 2.47. The Morgan fingerprint density at radius 2 is 2.11 bits per heavy atom. The van der Waals surface area contributed by atoms with Crippen molar-refractivity contribution in [1.29, 1.82) is 0 Å². The lowest BCUT2D eigenvalue weighted by atomic mass is 9.97. The molecule has 1 saturated carbocycles. The molecule has 0 atom stereocenters. The van der Waals surface area contributed by atoms with Crippen LogP contribution in [0.3, 0.4) is 0 Å². The summed E-state index contributed by atoms with van der Waals surface area (Å²) in [4.78, 5) is 4.54. The first-order valence-corrected chi connectivity index (χ1v) is 7.54. The Bertz CT molecular complexity index is 591. The lowest BCUT2D eigenvalue weighted by molar-refractivity contribution is 0.494. The van der Waals surface area contributed by atoms with Gasteiger partial charge < -0.3 is 11.1 Å². The summed E-state index contributed by atoms with van der Waals surface area (Å²) in [5, 5.41) is 4.81. The summed E-state index contributed by atoms with van der Waals surface area (Å²) >= 11 is 3.47. The van der Waals surface area contributed by atoms with Crippen LogP contribution in [0.25, 0.3) is 10.9 Å². The van der Waals surface area contributed by atoms with Crippen LogP contribution in [0, 0.1) is 0 Å². The summed E-state index contributed by atoms with van der Waals surface area (Å²) in [5.41, 5.74) is 8.17. The SMILES string of the molecule is NCC1(Nc2cccc3cc(Br)cnc23)CCCC1. The predicted octanol–water partition coefficient (Wildman–Crippen LogP) is 3.68. The van der Waals surface area contributed by atoms with Crippen molar-refractivity contribution in [3.8, 4) is 0 Å². The van der Waals surface area contributed by atoms with Crippen molar-refractivity contribution in [3.63, 3.8) is 0 Å². The number of benzene rings is 1. The summed E-state index contributed by atoms with van der Waals surface area (Å²) < 4.78 is 1.01. The van der Waals surface area contributed by atoms with Gasteiger partial charge in [-0.25, -0.2) is 0 Å². The number of nitrogens with zero attached hydrogens (tertiary/aromatic N) is 1. The molecule has 4 heteroatoms. The minimum absolute atomic E-state index is 0.0586. The van der Waals surface area contributed by atoms with Gasteiger partial charge in [-0.1, -0.05) is 25.0 Å². The molecule has 1 aliphatic carbocycles. The third-order valence-electron chi connectivity index (χ3n) is 4.03. The van der Waals surface area contributed by atoms with Crippen LogP contribution in [-0.4, -0.2) is 17.1 Å². The van der Waals surface area contributed by atoms with Gasteiger partial charge in [0.25, 0.3) is 0 Å². The molecule has 2 aromatic rings. The standard InChI is InChI=1S/C15H18BrN3/c16-12-8-11-4-3-5-13(14(11)18-9-12)19-15(10-17)6-1-2-7-15/h3-5,8-9,19H,1-2,6-7,10,17H2. The molecular weight excluding hydrogens is 302 g/mol. The van der Waals surface area contributed by atoms with E-state index in [-0.39, 0.29) is 5.54 Å². The molecule has 1 aliphatic rings. The van der Waals surface area contributed by atoms with Crippen molar-refractivity contribution in [2.45, 2.75) is 31.2 Å². The summed E-state index contributed by atoms with van der Waals surface area (Å²) in [5.74, 6) is 0. The van der Waals surface area contributed by atoms with Crippen LogP contribution in [0.4, 0.5) is 5.69 Å². The first-order chi connectivity index (χ1) is 9.22. The first kappa shape index (κ1) is 12.9. The maximum Gasteiger partial charge on any atom is 0.0934 e. The number of hydrogen-bond donors (Lipinski definition) is 2. The average molecular weight is 320 g/mol. The van der Waals surface area contributed by atoms with Gasteiger partial charge in [0.15, 0.2) is 0 Å². The van der Waals surface area contributed by atoms with Gasteiger partial charge >= 0.3 is 0 Å². The smallest absolute Gasteiger partial charge is 0.0934 e.